The average Bonchev–Trinajstić information content (AvgIpc) is 3.28. The maximum Gasteiger partial charge on any atom is 0.410 e. The van der Waals surface area contributed by atoms with Crippen LogP contribution in [0, 0.1) is 17.8 Å². The minimum absolute atomic E-state index is 0.0685. The number of ether oxygens (including phenoxy) is 6. The molecule has 1 saturated heterocycles. The van der Waals surface area contributed by atoms with Gasteiger partial charge in [0.1, 0.15) is 30.8 Å². The first kappa shape index (κ1) is 45.3. The number of allylic oxidation sites excluding steroid dienone is 1. The van der Waals surface area contributed by atoms with Crippen LogP contribution in [0.1, 0.15) is 94.6 Å². The Morgan fingerprint density at radius 3 is 2.53 bits per heavy atom. The van der Waals surface area contributed by atoms with Crippen molar-refractivity contribution in [2.24, 2.45) is 22.9 Å². The summed E-state index contributed by atoms with van der Waals surface area (Å²) >= 11 is 0. The van der Waals surface area contributed by atoms with Gasteiger partial charge in [0, 0.05) is 44.1 Å². The summed E-state index contributed by atoms with van der Waals surface area (Å²) in [6.45, 7) is 12.4. The molecule has 2 fully saturated rings. The van der Waals surface area contributed by atoms with Crippen molar-refractivity contribution >= 4 is 11.8 Å². The van der Waals surface area contributed by atoms with Crippen molar-refractivity contribution in [2.45, 2.75) is 108 Å². The third-order valence-electron chi connectivity index (χ3n) is 12.1. The van der Waals surface area contributed by atoms with Crippen LogP contribution in [-0.2, 0) is 30.4 Å². The van der Waals surface area contributed by atoms with Crippen LogP contribution in [0.15, 0.2) is 90.6 Å². The van der Waals surface area contributed by atoms with E-state index in [0.29, 0.717) is 62.8 Å². The molecule has 12 nitrogen and oxygen atoms in total. The Kier molecular flexibility index (Phi) is 17.5. The maximum atomic E-state index is 14.5. The molecule has 328 valence electrons. The fraction of sp³-hybridized carbons (Fsp3) is 0.583. The van der Waals surface area contributed by atoms with E-state index in [1.54, 1.807) is 17.1 Å². The van der Waals surface area contributed by atoms with Crippen LogP contribution in [0.4, 0.5) is 4.79 Å². The van der Waals surface area contributed by atoms with Crippen LogP contribution in [0.5, 0.6) is 11.5 Å². The van der Waals surface area contributed by atoms with Crippen molar-refractivity contribution in [1.29, 1.82) is 0 Å². The molecule has 0 bridgehead atoms. The largest absolute Gasteiger partial charge is 0.490 e. The minimum Gasteiger partial charge on any atom is -0.490 e. The molecule has 2 N–H and O–H groups in total. The zero-order valence-electron chi connectivity index (χ0n) is 35.4. The molecule has 4 aliphatic rings. The van der Waals surface area contributed by atoms with Gasteiger partial charge in [0.25, 0.3) is 0 Å². The molecular formula is C48H66N2O10. The smallest absolute Gasteiger partial charge is 0.410 e. The molecule has 12 heteroatoms. The topological polar surface area (TPSA) is 138 Å². The average molecular weight is 831 g/mol. The second kappa shape index (κ2) is 23.1. The second-order valence-corrected chi connectivity index (χ2v) is 16.1. The summed E-state index contributed by atoms with van der Waals surface area (Å²) in [5.41, 5.74) is 3.71. The van der Waals surface area contributed by atoms with Crippen molar-refractivity contribution in [2.75, 3.05) is 52.8 Å². The molecule has 0 spiro atoms. The number of aliphatic hydroxyl groups excluding tert-OH is 2. The van der Waals surface area contributed by atoms with Gasteiger partial charge in [-0.3, -0.25) is 4.90 Å². The van der Waals surface area contributed by atoms with Crippen molar-refractivity contribution in [3.8, 4) is 11.5 Å². The van der Waals surface area contributed by atoms with Crippen molar-refractivity contribution < 1.29 is 48.3 Å². The lowest BCUT2D eigenvalue weighted by Crippen LogP contribution is -2.70. The fourth-order valence-electron chi connectivity index (χ4n) is 9.46. The molecule has 60 heavy (non-hydrogen) atoms. The number of amides is 1. The number of unbranched alkanes of at least 4 members (excludes halogenated alkanes) is 2. The van der Waals surface area contributed by atoms with E-state index in [1.165, 1.54) is 0 Å². The molecule has 7 atom stereocenters. The summed E-state index contributed by atoms with van der Waals surface area (Å²) in [4.78, 5) is 22.5. The minimum atomic E-state index is -1.38. The van der Waals surface area contributed by atoms with E-state index < -0.39 is 30.1 Å². The predicted molar refractivity (Wildman–Crippen MR) is 230 cm³/mol. The van der Waals surface area contributed by atoms with Gasteiger partial charge < -0.3 is 43.5 Å². The third kappa shape index (κ3) is 11.0. The van der Waals surface area contributed by atoms with E-state index in [-0.39, 0.29) is 57.2 Å². The Morgan fingerprint density at radius 2 is 1.80 bits per heavy atom. The number of hydrogen-bond donors (Lipinski definition) is 2. The Labute approximate surface area is 356 Å². The molecule has 7 unspecified atom stereocenters. The summed E-state index contributed by atoms with van der Waals surface area (Å²) in [5, 5.41) is 24.7. The number of hydrogen-bond acceptors (Lipinski definition) is 11. The maximum absolute atomic E-state index is 14.5. The first-order valence-electron chi connectivity index (χ1n) is 22.1. The third-order valence-corrected chi connectivity index (χ3v) is 12.1. The zero-order valence-corrected chi connectivity index (χ0v) is 35.4. The van der Waals surface area contributed by atoms with Gasteiger partial charge in [-0.05, 0) is 86.1 Å². The second-order valence-electron chi connectivity index (χ2n) is 16.1. The quantitative estimate of drug-likeness (QED) is 0.0602. The van der Waals surface area contributed by atoms with Gasteiger partial charge >= 0.3 is 6.09 Å². The Hall–Kier alpha value is -4.20. The Morgan fingerprint density at radius 1 is 1.00 bits per heavy atom. The SMILES string of the molecule is C=CCOc1ccc2c(c1)C1C(CCCCO)C(CCCCO)C=C3C(=NOC4CCCCO4)CC(N(CCC)C(=O)OCCOCc4ccccc4)C(OCC=C)(O2)C31. The number of carbonyl (C=O) groups is 1. The van der Waals surface area contributed by atoms with E-state index in [0.717, 1.165) is 61.6 Å². The van der Waals surface area contributed by atoms with Gasteiger partial charge in [-0.2, -0.15) is 0 Å². The highest BCUT2D eigenvalue weighted by molar-refractivity contribution is 6.03. The number of benzene rings is 2. The molecule has 2 heterocycles. The lowest BCUT2D eigenvalue weighted by Gasteiger charge is -2.60. The monoisotopic (exact) mass is 830 g/mol. The molecule has 2 aliphatic heterocycles. The van der Waals surface area contributed by atoms with Crippen LogP contribution in [0.25, 0.3) is 0 Å². The molecule has 1 saturated carbocycles. The molecule has 2 aromatic rings. The van der Waals surface area contributed by atoms with E-state index in [2.05, 4.69) is 25.3 Å². The molecule has 6 rings (SSSR count). The molecule has 0 radical (unpaired) electrons. The zero-order chi connectivity index (χ0) is 42.2. The number of nitrogens with zero attached hydrogens (tertiary/aromatic N) is 2. The summed E-state index contributed by atoms with van der Waals surface area (Å²) in [6.07, 6.45) is 13.1. The summed E-state index contributed by atoms with van der Waals surface area (Å²) in [5.74, 6) is -0.452. The Balaban J connectivity index is 1.46. The summed E-state index contributed by atoms with van der Waals surface area (Å²) < 4.78 is 38.3. The van der Waals surface area contributed by atoms with E-state index >= 15 is 0 Å². The van der Waals surface area contributed by atoms with Crippen molar-refractivity contribution in [1.82, 2.24) is 4.90 Å². The molecule has 0 aromatic heterocycles. The first-order valence-corrected chi connectivity index (χ1v) is 22.1. The lowest BCUT2D eigenvalue weighted by molar-refractivity contribution is -0.255. The van der Waals surface area contributed by atoms with E-state index in [4.69, 9.17) is 38.4 Å². The standard InChI is InChI=1S/C48H66N2O10/c1-4-23-50(47(53)57-30-29-54-34-35-16-8-7-9-17-35)43-33-41(49-60-44-20-12-15-28-56-44)39-31-36(18-10-13-24-51)38(19-11-14-25-52)45-40-32-37(55-26-5-2)21-22-42(40)59-48(43,46(39)45)58-27-6-3/h5-9,16-17,21-22,31-32,36,38,43-46,51-52H,2-4,10-15,18-20,23-30,33-34H2,1H3. The van der Waals surface area contributed by atoms with Crippen LogP contribution >= 0.6 is 0 Å². The van der Waals surface area contributed by atoms with Gasteiger partial charge in [-0.1, -0.05) is 80.1 Å². The van der Waals surface area contributed by atoms with Crippen LogP contribution in [0.2, 0.25) is 0 Å². The van der Waals surface area contributed by atoms with Gasteiger partial charge in [0.05, 0.1) is 38.1 Å². The highest BCUT2D eigenvalue weighted by Crippen LogP contribution is 2.62. The van der Waals surface area contributed by atoms with E-state index in [9.17, 15) is 15.0 Å². The number of aliphatic hydroxyl groups is 2. The number of rotatable bonds is 24. The number of fused-ring (bicyclic) bond motifs is 2. The van der Waals surface area contributed by atoms with Gasteiger partial charge in [0.2, 0.25) is 12.1 Å². The highest BCUT2D eigenvalue weighted by atomic mass is 16.8. The number of oxime groups is 1. The Bertz CT molecular complexity index is 1730. The summed E-state index contributed by atoms with van der Waals surface area (Å²) in [7, 11) is 0. The van der Waals surface area contributed by atoms with Gasteiger partial charge in [0.15, 0.2) is 0 Å². The van der Waals surface area contributed by atoms with Crippen LogP contribution in [-0.4, -0.2) is 97.8 Å². The van der Waals surface area contributed by atoms with Crippen LogP contribution in [0.3, 0.4) is 0 Å². The first-order chi connectivity index (χ1) is 29.5. The van der Waals surface area contributed by atoms with E-state index in [1.807, 2.05) is 49.4 Å². The van der Waals surface area contributed by atoms with Gasteiger partial charge in [-0.15, -0.1) is 6.58 Å². The van der Waals surface area contributed by atoms with Crippen molar-refractivity contribution in [3.05, 3.63) is 96.6 Å². The number of carbonyl (C=O) groups excluding carboxylic acids is 1. The fourth-order valence-corrected chi connectivity index (χ4v) is 9.46. The normalized spacial score (nSPS) is 26.2. The molecule has 2 aromatic carbocycles. The molecule has 1 amide bonds. The lowest BCUT2D eigenvalue weighted by atomic mass is 9.55. The summed E-state index contributed by atoms with van der Waals surface area (Å²) in [6, 6.07) is 15.1. The highest BCUT2D eigenvalue weighted by Gasteiger charge is 2.65. The van der Waals surface area contributed by atoms with Crippen molar-refractivity contribution in [3.63, 3.8) is 0 Å². The molecule has 2 aliphatic carbocycles. The van der Waals surface area contributed by atoms with Crippen LogP contribution < -0.4 is 9.47 Å². The predicted octanol–water partition coefficient (Wildman–Crippen LogP) is 8.48. The van der Waals surface area contributed by atoms with Gasteiger partial charge in [-0.25, -0.2) is 4.79 Å². The molecular weight excluding hydrogens is 765 g/mol.